The Balaban J connectivity index is 2.00. The van der Waals surface area contributed by atoms with Crippen molar-refractivity contribution in [3.63, 3.8) is 0 Å². The molecule has 0 saturated heterocycles. The second kappa shape index (κ2) is 7.21. The molecule has 2 aromatic carbocycles. The van der Waals surface area contributed by atoms with Crippen LogP contribution in [-0.2, 0) is 11.2 Å². The minimum absolute atomic E-state index is 0.0766. The van der Waals surface area contributed by atoms with Gasteiger partial charge in [0.2, 0.25) is 0 Å². The van der Waals surface area contributed by atoms with Gasteiger partial charge in [0.05, 0.1) is 18.5 Å². The van der Waals surface area contributed by atoms with E-state index in [-0.39, 0.29) is 6.42 Å². The molecule has 1 aromatic heterocycles. The molecule has 0 fully saturated rings. The number of hydrogen-bond acceptors (Lipinski definition) is 3. The maximum atomic E-state index is 11.0. The molecule has 25 heavy (non-hydrogen) atoms. The lowest BCUT2D eigenvalue weighted by molar-refractivity contribution is -0.136. The van der Waals surface area contributed by atoms with E-state index in [1.54, 1.807) is 11.8 Å². The Labute approximate surface area is 146 Å². The summed E-state index contributed by atoms with van der Waals surface area (Å²) in [7, 11) is 1.63. The molecular weight excluding hydrogens is 316 g/mol. The number of methoxy groups -OCH3 is 1. The molecule has 0 spiro atoms. The molecule has 3 aromatic rings. The van der Waals surface area contributed by atoms with Gasteiger partial charge in [-0.1, -0.05) is 29.8 Å². The molecule has 0 unspecified atom stereocenters. The molecule has 0 saturated carbocycles. The molecular formula is C20H20N2O3. The van der Waals surface area contributed by atoms with Crippen molar-refractivity contribution in [3.05, 3.63) is 65.9 Å². The molecule has 0 atom stereocenters. The van der Waals surface area contributed by atoms with E-state index < -0.39 is 5.97 Å². The van der Waals surface area contributed by atoms with Crippen LogP contribution in [0.2, 0.25) is 0 Å². The summed E-state index contributed by atoms with van der Waals surface area (Å²) in [5.41, 5.74) is 4.79. The third-order valence-corrected chi connectivity index (χ3v) is 4.06. The topological polar surface area (TPSA) is 64.3 Å². The lowest BCUT2D eigenvalue weighted by atomic mass is 10.0. The van der Waals surface area contributed by atoms with E-state index in [0.29, 0.717) is 6.42 Å². The van der Waals surface area contributed by atoms with Crippen molar-refractivity contribution in [2.75, 3.05) is 7.11 Å². The Hall–Kier alpha value is -3.08. The molecule has 1 heterocycles. The number of aryl methyl sites for hydroxylation is 2. The van der Waals surface area contributed by atoms with Gasteiger partial charge in [-0.15, -0.1) is 0 Å². The van der Waals surface area contributed by atoms with Crippen LogP contribution >= 0.6 is 0 Å². The Kier molecular flexibility index (Phi) is 4.84. The standard InChI is InChI=1S/C20H20N2O3/c1-14-3-5-15(6-4-14)20-16(7-12-19(23)24)13-22(21-20)17-8-10-18(25-2)11-9-17/h3-6,8-11,13H,7,12H2,1-2H3,(H,23,24). The monoisotopic (exact) mass is 336 g/mol. The van der Waals surface area contributed by atoms with Crippen LogP contribution in [0.25, 0.3) is 16.9 Å². The number of aromatic nitrogens is 2. The number of benzene rings is 2. The third kappa shape index (κ3) is 3.88. The second-order valence-corrected chi connectivity index (χ2v) is 5.91. The van der Waals surface area contributed by atoms with Gasteiger partial charge in [0.15, 0.2) is 0 Å². The van der Waals surface area contributed by atoms with Crippen molar-refractivity contribution < 1.29 is 14.6 Å². The SMILES string of the molecule is COc1ccc(-n2cc(CCC(=O)O)c(-c3ccc(C)cc3)n2)cc1. The fourth-order valence-electron chi connectivity index (χ4n) is 2.66. The number of ether oxygens (including phenoxy) is 1. The maximum Gasteiger partial charge on any atom is 0.303 e. The quantitative estimate of drug-likeness (QED) is 0.742. The first-order valence-electron chi connectivity index (χ1n) is 8.08. The molecule has 0 aliphatic rings. The highest BCUT2D eigenvalue weighted by atomic mass is 16.5. The second-order valence-electron chi connectivity index (χ2n) is 5.91. The van der Waals surface area contributed by atoms with E-state index in [4.69, 9.17) is 14.9 Å². The van der Waals surface area contributed by atoms with Gasteiger partial charge in [0, 0.05) is 18.2 Å². The summed E-state index contributed by atoms with van der Waals surface area (Å²) in [6.45, 7) is 2.03. The zero-order chi connectivity index (χ0) is 17.8. The van der Waals surface area contributed by atoms with Gasteiger partial charge in [0.1, 0.15) is 5.75 Å². The molecule has 5 heteroatoms. The molecule has 1 N–H and O–H groups in total. The fourth-order valence-corrected chi connectivity index (χ4v) is 2.66. The van der Waals surface area contributed by atoms with Gasteiger partial charge in [-0.2, -0.15) is 5.10 Å². The van der Waals surface area contributed by atoms with Crippen LogP contribution in [0.3, 0.4) is 0 Å². The number of nitrogens with zero attached hydrogens (tertiary/aromatic N) is 2. The summed E-state index contributed by atoms with van der Waals surface area (Å²) in [5, 5.41) is 13.7. The van der Waals surface area contributed by atoms with Gasteiger partial charge >= 0.3 is 5.97 Å². The van der Waals surface area contributed by atoms with Gasteiger partial charge in [-0.05, 0) is 43.2 Å². The van der Waals surface area contributed by atoms with Crippen molar-refractivity contribution >= 4 is 5.97 Å². The van der Waals surface area contributed by atoms with Gasteiger partial charge in [-0.3, -0.25) is 4.79 Å². The number of aliphatic carboxylic acids is 1. The minimum atomic E-state index is -0.813. The summed E-state index contributed by atoms with van der Waals surface area (Å²) in [5.74, 6) is -0.0344. The van der Waals surface area contributed by atoms with Crippen molar-refractivity contribution in [3.8, 4) is 22.7 Å². The van der Waals surface area contributed by atoms with Crippen LogP contribution in [0.1, 0.15) is 17.5 Å². The first-order chi connectivity index (χ1) is 12.1. The van der Waals surface area contributed by atoms with E-state index >= 15 is 0 Å². The minimum Gasteiger partial charge on any atom is -0.497 e. The Morgan fingerprint density at radius 1 is 1.12 bits per heavy atom. The molecule has 0 amide bonds. The van der Waals surface area contributed by atoms with Gasteiger partial charge < -0.3 is 9.84 Å². The number of carboxylic acids is 1. The highest BCUT2D eigenvalue weighted by molar-refractivity contribution is 5.69. The lowest BCUT2D eigenvalue weighted by Gasteiger charge is -2.03. The average Bonchev–Trinajstić information content (AvgIpc) is 3.05. The van der Waals surface area contributed by atoms with E-state index in [9.17, 15) is 4.79 Å². The summed E-state index contributed by atoms with van der Waals surface area (Å²) < 4.78 is 6.97. The van der Waals surface area contributed by atoms with Crippen LogP contribution in [-0.4, -0.2) is 28.0 Å². The Morgan fingerprint density at radius 3 is 2.40 bits per heavy atom. The van der Waals surface area contributed by atoms with E-state index in [1.807, 2.05) is 61.7 Å². The van der Waals surface area contributed by atoms with Gasteiger partial charge in [-0.25, -0.2) is 4.68 Å². The van der Waals surface area contributed by atoms with E-state index in [2.05, 4.69) is 0 Å². The van der Waals surface area contributed by atoms with Crippen molar-refractivity contribution in [2.24, 2.45) is 0 Å². The van der Waals surface area contributed by atoms with Crippen LogP contribution < -0.4 is 4.74 Å². The lowest BCUT2D eigenvalue weighted by Crippen LogP contribution is -1.97. The summed E-state index contributed by atoms with van der Waals surface area (Å²) in [4.78, 5) is 11.0. The van der Waals surface area contributed by atoms with E-state index in [0.717, 1.165) is 28.3 Å². The zero-order valence-electron chi connectivity index (χ0n) is 14.3. The molecule has 0 bridgehead atoms. The van der Waals surface area contributed by atoms with Crippen molar-refractivity contribution in [2.45, 2.75) is 19.8 Å². The largest absolute Gasteiger partial charge is 0.497 e. The molecule has 0 aliphatic heterocycles. The summed E-state index contributed by atoms with van der Waals surface area (Å²) in [6, 6.07) is 15.7. The highest BCUT2D eigenvalue weighted by Gasteiger charge is 2.13. The molecule has 3 rings (SSSR count). The van der Waals surface area contributed by atoms with E-state index in [1.165, 1.54) is 5.56 Å². The average molecular weight is 336 g/mol. The van der Waals surface area contributed by atoms with Gasteiger partial charge in [0.25, 0.3) is 0 Å². The van der Waals surface area contributed by atoms with Crippen LogP contribution in [0.15, 0.2) is 54.7 Å². The molecule has 128 valence electrons. The first kappa shape index (κ1) is 16.8. The number of hydrogen-bond donors (Lipinski definition) is 1. The van der Waals surface area contributed by atoms with Crippen LogP contribution in [0.4, 0.5) is 0 Å². The number of carbonyl (C=O) groups is 1. The summed E-state index contributed by atoms with van der Waals surface area (Å²) >= 11 is 0. The number of carboxylic acid groups (broad SMARTS) is 1. The smallest absolute Gasteiger partial charge is 0.303 e. The van der Waals surface area contributed by atoms with Crippen LogP contribution in [0.5, 0.6) is 5.75 Å². The van der Waals surface area contributed by atoms with Crippen molar-refractivity contribution in [1.29, 1.82) is 0 Å². The fraction of sp³-hybridized carbons (Fsp3) is 0.200. The number of rotatable bonds is 6. The molecule has 5 nitrogen and oxygen atoms in total. The normalized spacial score (nSPS) is 10.6. The predicted octanol–water partition coefficient (Wildman–Crippen LogP) is 3.87. The Bertz CT molecular complexity index is 865. The highest BCUT2D eigenvalue weighted by Crippen LogP contribution is 2.26. The zero-order valence-corrected chi connectivity index (χ0v) is 14.3. The predicted molar refractivity (Wildman–Crippen MR) is 96.2 cm³/mol. The molecule has 0 radical (unpaired) electrons. The Morgan fingerprint density at radius 2 is 1.80 bits per heavy atom. The van der Waals surface area contributed by atoms with Crippen molar-refractivity contribution in [1.82, 2.24) is 9.78 Å². The maximum absolute atomic E-state index is 11.0. The molecule has 0 aliphatic carbocycles. The third-order valence-electron chi connectivity index (χ3n) is 4.06. The summed E-state index contributed by atoms with van der Waals surface area (Å²) in [6.07, 6.45) is 2.42. The van der Waals surface area contributed by atoms with Crippen LogP contribution in [0, 0.1) is 6.92 Å². The first-order valence-corrected chi connectivity index (χ1v) is 8.08.